The van der Waals surface area contributed by atoms with Gasteiger partial charge in [0.25, 0.3) is 5.91 Å². The fourth-order valence-electron chi connectivity index (χ4n) is 3.33. The van der Waals surface area contributed by atoms with Crippen LogP contribution in [0.5, 0.6) is 5.75 Å². The standard InChI is InChI=1S/C22H21N3O2S2/c1-14-18(21(23)26)12-20(25(14)10-9-17-4-3-11-28-17)19-13-29-22(24-19)15-5-7-16(27-2)8-6-15/h3-8,11-13H,9-10H2,1-2H3,(H2,23,26). The van der Waals surface area contributed by atoms with Gasteiger partial charge in [-0.3, -0.25) is 4.79 Å². The number of benzene rings is 1. The molecule has 3 aromatic heterocycles. The predicted molar refractivity (Wildman–Crippen MR) is 119 cm³/mol. The van der Waals surface area contributed by atoms with Gasteiger partial charge in [-0.05, 0) is 55.1 Å². The number of thiazole rings is 1. The average Bonchev–Trinajstić information content (AvgIpc) is 3.47. The number of nitrogens with two attached hydrogens (primary N) is 1. The minimum Gasteiger partial charge on any atom is -0.497 e. The number of nitrogens with zero attached hydrogens (tertiary/aromatic N) is 2. The quantitative estimate of drug-likeness (QED) is 0.455. The third-order valence-corrected chi connectivity index (χ3v) is 6.73. The van der Waals surface area contributed by atoms with Crippen LogP contribution in [0.2, 0.25) is 0 Å². The molecule has 148 valence electrons. The van der Waals surface area contributed by atoms with Crippen LogP contribution in [0.1, 0.15) is 20.9 Å². The Bertz CT molecular complexity index is 1130. The highest BCUT2D eigenvalue weighted by atomic mass is 32.1. The third-order valence-electron chi connectivity index (χ3n) is 4.90. The smallest absolute Gasteiger partial charge is 0.250 e. The Labute approximate surface area is 177 Å². The number of carbonyl (C=O) groups is 1. The van der Waals surface area contributed by atoms with E-state index >= 15 is 0 Å². The number of thiophene rings is 1. The van der Waals surface area contributed by atoms with Gasteiger partial charge < -0.3 is 15.0 Å². The first-order chi connectivity index (χ1) is 14.1. The molecule has 0 bridgehead atoms. The van der Waals surface area contributed by atoms with E-state index in [0.717, 1.165) is 46.4 Å². The second-order valence-electron chi connectivity index (χ2n) is 6.64. The number of methoxy groups -OCH3 is 1. The largest absolute Gasteiger partial charge is 0.497 e. The van der Waals surface area contributed by atoms with Crippen molar-refractivity contribution in [2.75, 3.05) is 7.11 Å². The molecule has 4 rings (SSSR count). The molecule has 4 aromatic rings. The molecule has 0 unspecified atom stereocenters. The summed E-state index contributed by atoms with van der Waals surface area (Å²) in [5.41, 5.74) is 9.84. The topological polar surface area (TPSA) is 70.1 Å². The molecule has 0 saturated carbocycles. The van der Waals surface area contributed by atoms with Crippen molar-refractivity contribution >= 4 is 28.6 Å². The van der Waals surface area contributed by atoms with Gasteiger partial charge >= 0.3 is 0 Å². The van der Waals surface area contributed by atoms with E-state index in [1.54, 1.807) is 29.8 Å². The molecule has 1 amide bonds. The molecular formula is C22H21N3O2S2. The third kappa shape index (κ3) is 3.97. The molecule has 0 saturated heterocycles. The number of primary amides is 1. The van der Waals surface area contributed by atoms with E-state index < -0.39 is 5.91 Å². The van der Waals surface area contributed by atoms with Crippen LogP contribution >= 0.6 is 22.7 Å². The van der Waals surface area contributed by atoms with Crippen molar-refractivity contribution in [1.29, 1.82) is 0 Å². The summed E-state index contributed by atoms with van der Waals surface area (Å²) >= 11 is 3.32. The van der Waals surface area contributed by atoms with Crippen LogP contribution in [0, 0.1) is 6.92 Å². The number of aryl methyl sites for hydroxylation is 1. The van der Waals surface area contributed by atoms with Crippen LogP contribution in [0.3, 0.4) is 0 Å². The fraction of sp³-hybridized carbons (Fsp3) is 0.182. The summed E-state index contributed by atoms with van der Waals surface area (Å²) in [4.78, 5) is 18.1. The molecule has 0 atom stereocenters. The number of carbonyl (C=O) groups excluding carboxylic acids is 1. The minimum absolute atomic E-state index is 0.413. The molecule has 0 aliphatic rings. The van der Waals surface area contributed by atoms with E-state index in [1.807, 2.05) is 42.6 Å². The molecule has 2 N–H and O–H groups in total. The van der Waals surface area contributed by atoms with Gasteiger partial charge in [-0.15, -0.1) is 22.7 Å². The van der Waals surface area contributed by atoms with Crippen LogP contribution in [0.25, 0.3) is 22.0 Å². The van der Waals surface area contributed by atoms with E-state index in [4.69, 9.17) is 15.5 Å². The molecule has 1 aromatic carbocycles. The molecule has 0 fully saturated rings. The number of amides is 1. The van der Waals surface area contributed by atoms with Gasteiger partial charge in [0.1, 0.15) is 10.8 Å². The zero-order valence-electron chi connectivity index (χ0n) is 16.2. The van der Waals surface area contributed by atoms with E-state index in [-0.39, 0.29) is 0 Å². The van der Waals surface area contributed by atoms with Gasteiger partial charge in [0, 0.05) is 28.1 Å². The molecular weight excluding hydrogens is 402 g/mol. The SMILES string of the molecule is COc1ccc(-c2nc(-c3cc(C(N)=O)c(C)n3CCc3cccs3)cs2)cc1. The first-order valence-electron chi connectivity index (χ1n) is 9.19. The van der Waals surface area contributed by atoms with Gasteiger partial charge in [-0.25, -0.2) is 4.98 Å². The van der Waals surface area contributed by atoms with Crippen molar-refractivity contribution < 1.29 is 9.53 Å². The number of hydrogen-bond donors (Lipinski definition) is 1. The Hall–Kier alpha value is -2.90. The Kier molecular flexibility index (Phi) is 5.51. The molecule has 0 spiro atoms. The van der Waals surface area contributed by atoms with Crippen molar-refractivity contribution in [2.24, 2.45) is 5.73 Å². The van der Waals surface area contributed by atoms with Gasteiger partial charge in [-0.2, -0.15) is 0 Å². The molecule has 5 nitrogen and oxygen atoms in total. The van der Waals surface area contributed by atoms with Gasteiger partial charge in [0.2, 0.25) is 0 Å². The van der Waals surface area contributed by atoms with Crippen molar-refractivity contribution in [3.63, 3.8) is 0 Å². The summed E-state index contributed by atoms with van der Waals surface area (Å²) in [5.74, 6) is 0.402. The zero-order valence-corrected chi connectivity index (χ0v) is 17.8. The van der Waals surface area contributed by atoms with E-state index in [2.05, 4.69) is 22.1 Å². The van der Waals surface area contributed by atoms with Gasteiger partial charge in [0.15, 0.2) is 0 Å². The maximum Gasteiger partial charge on any atom is 0.250 e. The monoisotopic (exact) mass is 423 g/mol. The summed E-state index contributed by atoms with van der Waals surface area (Å²) in [6.45, 7) is 2.71. The van der Waals surface area contributed by atoms with Crippen LogP contribution in [0.4, 0.5) is 0 Å². The lowest BCUT2D eigenvalue weighted by Crippen LogP contribution is -2.13. The van der Waals surface area contributed by atoms with Gasteiger partial charge in [-0.1, -0.05) is 6.07 Å². The van der Waals surface area contributed by atoms with Crippen molar-refractivity contribution in [3.8, 4) is 27.7 Å². The van der Waals surface area contributed by atoms with Crippen LogP contribution in [-0.4, -0.2) is 22.6 Å². The van der Waals surface area contributed by atoms with E-state index in [1.165, 1.54) is 4.88 Å². The zero-order chi connectivity index (χ0) is 20.4. The summed E-state index contributed by atoms with van der Waals surface area (Å²) < 4.78 is 7.37. The summed E-state index contributed by atoms with van der Waals surface area (Å²) in [5, 5.41) is 5.03. The summed E-state index contributed by atoms with van der Waals surface area (Å²) in [7, 11) is 1.65. The first-order valence-corrected chi connectivity index (χ1v) is 11.0. The Morgan fingerprint density at radius 3 is 2.66 bits per heavy atom. The number of ether oxygens (including phenoxy) is 1. The van der Waals surface area contributed by atoms with Crippen molar-refractivity contribution in [2.45, 2.75) is 19.9 Å². The van der Waals surface area contributed by atoms with E-state index in [9.17, 15) is 4.79 Å². The molecule has 0 aliphatic carbocycles. The van der Waals surface area contributed by atoms with Crippen molar-refractivity contribution in [1.82, 2.24) is 9.55 Å². The normalized spacial score (nSPS) is 11.0. The Balaban J connectivity index is 1.69. The highest BCUT2D eigenvalue weighted by Crippen LogP contribution is 2.32. The van der Waals surface area contributed by atoms with Gasteiger partial charge in [0.05, 0.1) is 24.1 Å². The number of rotatable bonds is 7. The lowest BCUT2D eigenvalue weighted by molar-refractivity contribution is 0.0999. The molecule has 0 aliphatic heterocycles. The predicted octanol–water partition coefficient (Wildman–Crippen LogP) is 5.00. The molecule has 3 heterocycles. The maximum atomic E-state index is 11.9. The molecule has 7 heteroatoms. The number of hydrogen-bond acceptors (Lipinski definition) is 5. The second-order valence-corrected chi connectivity index (χ2v) is 8.53. The van der Waals surface area contributed by atoms with Crippen molar-refractivity contribution in [3.05, 3.63) is 69.4 Å². The average molecular weight is 424 g/mol. The lowest BCUT2D eigenvalue weighted by atomic mass is 10.2. The fourth-order valence-corrected chi connectivity index (χ4v) is 4.85. The highest BCUT2D eigenvalue weighted by molar-refractivity contribution is 7.13. The van der Waals surface area contributed by atoms with Crippen LogP contribution in [-0.2, 0) is 13.0 Å². The molecule has 29 heavy (non-hydrogen) atoms. The second kappa shape index (κ2) is 8.23. The highest BCUT2D eigenvalue weighted by Gasteiger charge is 2.19. The Morgan fingerprint density at radius 2 is 2.00 bits per heavy atom. The van der Waals surface area contributed by atoms with E-state index in [0.29, 0.717) is 5.56 Å². The Morgan fingerprint density at radius 1 is 1.21 bits per heavy atom. The minimum atomic E-state index is -0.413. The van der Waals surface area contributed by atoms with Crippen LogP contribution < -0.4 is 10.5 Å². The number of aromatic nitrogens is 2. The maximum absolute atomic E-state index is 11.9. The molecule has 0 radical (unpaired) electrons. The summed E-state index contributed by atoms with van der Waals surface area (Å²) in [6, 6.07) is 13.9. The summed E-state index contributed by atoms with van der Waals surface area (Å²) in [6.07, 6.45) is 0.897. The first kappa shape index (κ1) is 19.4. The van der Waals surface area contributed by atoms with Crippen LogP contribution in [0.15, 0.2) is 53.2 Å². The lowest BCUT2D eigenvalue weighted by Gasteiger charge is -2.10.